The van der Waals surface area contributed by atoms with E-state index in [-0.39, 0.29) is 0 Å². The number of rotatable bonds is 6. The molecule has 0 aromatic rings. The summed E-state index contributed by atoms with van der Waals surface area (Å²) < 4.78 is 5.81. The van der Waals surface area contributed by atoms with Crippen LogP contribution in [0.3, 0.4) is 0 Å². The van der Waals surface area contributed by atoms with E-state index in [1.165, 1.54) is 44.9 Å². The summed E-state index contributed by atoms with van der Waals surface area (Å²) in [6, 6.07) is 0. The van der Waals surface area contributed by atoms with Crippen molar-refractivity contribution in [3.05, 3.63) is 0 Å². The standard InChI is InChI=1S/C12H22OS/c14-10-12(6-1-2-7-12)9-13-8-5-11-3-4-11/h11,14H,1-10H2. The molecule has 0 bridgehead atoms. The second kappa shape index (κ2) is 4.89. The highest BCUT2D eigenvalue weighted by atomic mass is 32.1. The molecular formula is C12H22OS. The molecule has 2 saturated carbocycles. The summed E-state index contributed by atoms with van der Waals surface area (Å²) in [7, 11) is 0. The Morgan fingerprint density at radius 1 is 1.21 bits per heavy atom. The lowest BCUT2D eigenvalue weighted by Crippen LogP contribution is -2.25. The zero-order valence-corrected chi connectivity index (χ0v) is 9.90. The van der Waals surface area contributed by atoms with Gasteiger partial charge in [-0.05, 0) is 30.9 Å². The Balaban J connectivity index is 1.61. The first kappa shape index (κ1) is 10.8. The van der Waals surface area contributed by atoms with E-state index < -0.39 is 0 Å². The minimum absolute atomic E-state index is 0.437. The SMILES string of the molecule is SCC1(COCCC2CC2)CCCC1. The van der Waals surface area contributed by atoms with Crippen LogP contribution in [0.5, 0.6) is 0 Å². The largest absolute Gasteiger partial charge is 0.381 e. The summed E-state index contributed by atoms with van der Waals surface area (Å²) in [6.07, 6.45) is 9.61. The van der Waals surface area contributed by atoms with Gasteiger partial charge in [0.1, 0.15) is 0 Å². The van der Waals surface area contributed by atoms with Crippen LogP contribution in [0.1, 0.15) is 44.9 Å². The van der Waals surface area contributed by atoms with E-state index in [0.717, 1.165) is 24.9 Å². The van der Waals surface area contributed by atoms with Gasteiger partial charge in [-0.25, -0.2) is 0 Å². The maximum absolute atomic E-state index is 5.81. The van der Waals surface area contributed by atoms with Crippen molar-refractivity contribution in [2.75, 3.05) is 19.0 Å². The van der Waals surface area contributed by atoms with Crippen LogP contribution in [0.15, 0.2) is 0 Å². The van der Waals surface area contributed by atoms with Crippen LogP contribution in [0.4, 0.5) is 0 Å². The van der Waals surface area contributed by atoms with Crippen LogP contribution >= 0.6 is 12.6 Å². The lowest BCUT2D eigenvalue weighted by atomic mass is 9.90. The van der Waals surface area contributed by atoms with E-state index in [2.05, 4.69) is 12.6 Å². The summed E-state index contributed by atoms with van der Waals surface area (Å²) in [5.41, 5.74) is 0.437. The van der Waals surface area contributed by atoms with Gasteiger partial charge in [0.2, 0.25) is 0 Å². The van der Waals surface area contributed by atoms with E-state index in [9.17, 15) is 0 Å². The summed E-state index contributed by atoms with van der Waals surface area (Å²) in [6.45, 7) is 1.95. The molecular weight excluding hydrogens is 192 g/mol. The van der Waals surface area contributed by atoms with Gasteiger partial charge in [0.15, 0.2) is 0 Å². The fourth-order valence-corrected chi connectivity index (χ4v) is 2.83. The van der Waals surface area contributed by atoms with Gasteiger partial charge in [-0.2, -0.15) is 12.6 Å². The smallest absolute Gasteiger partial charge is 0.0530 e. The van der Waals surface area contributed by atoms with E-state index >= 15 is 0 Å². The van der Waals surface area contributed by atoms with Crippen molar-refractivity contribution in [1.82, 2.24) is 0 Å². The molecule has 0 spiro atoms. The first-order valence-electron chi connectivity index (χ1n) is 6.03. The number of hydrogen-bond donors (Lipinski definition) is 1. The Morgan fingerprint density at radius 3 is 2.50 bits per heavy atom. The average Bonchev–Trinajstić information content (AvgIpc) is 2.92. The lowest BCUT2D eigenvalue weighted by molar-refractivity contribution is 0.0556. The van der Waals surface area contributed by atoms with E-state index in [1.54, 1.807) is 0 Å². The quantitative estimate of drug-likeness (QED) is 0.527. The van der Waals surface area contributed by atoms with Gasteiger partial charge in [0.05, 0.1) is 6.61 Å². The third-order valence-corrected chi connectivity index (χ3v) is 4.45. The maximum Gasteiger partial charge on any atom is 0.0530 e. The first-order valence-corrected chi connectivity index (χ1v) is 6.66. The van der Waals surface area contributed by atoms with Crippen LogP contribution < -0.4 is 0 Å². The molecule has 0 aliphatic heterocycles. The fourth-order valence-electron chi connectivity index (χ4n) is 2.42. The average molecular weight is 214 g/mol. The molecule has 14 heavy (non-hydrogen) atoms. The van der Waals surface area contributed by atoms with Gasteiger partial charge in [-0.1, -0.05) is 25.7 Å². The normalized spacial score (nSPS) is 25.5. The second-order valence-corrected chi connectivity index (χ2v) is 5.47. The van der Waals surface area contributed by atoms with Crippen molar-refractivity contribution in [1.29, 1.82) is 0 Å². The molecule has 0 heterocycles. The molecule has 0 atom stereocenters. The van der Waals surface area contributed by atoms with Crippen molar-refractivity contribution < 1.29 is 4.74 Å². The molecule has 1 nitrogen and oxygen atoms in total. The van der Waals surface area contributed by atoms with Gasteiger partial charge in [0.25, 0.3) is 0 Å². The second-order valence-electron chi connectivity index (χ2n) is 5.15. The van der Waals surface area contributed by atoms with E-state index in [1.807, 2.05) is 0 Å². The first-order chi connectivity index (χ1) is 6.85. The Kier molecular flexibility index (Phi) is 3.78. The zero-order valence-electron chi connectivity index (χ0n) is 9.00. The molecule has 2 aliphatic carbocycles. The number of hydrogen-bond acceptors (Lipinski definition) is 2. The topological polar surface area (TPSA) is 9.23 Å². The summed E-state index contributed by atoms with van der Waals surface area (Å²) in [4.78, 5) is 0. The predicted octanol–water partition coefficient (Wildman–Crippen LogP) is 3.29. The van der Waals surface area contributed by atoms with Crippen LogP contribution in [0.25, 0.3) is 0 Å². The highest BCUT2D eigenvalue weighted by Crippen LogP contribution is 2.39. The van der Waals surface area contributed by atoms with E-state index in [4.69, 9.17) is 4.74 Å². The Bertz CT molecular complexity index is 171. The van der Waals surface area contributed by atoms with Crippen LogP contribution in [0.2, 0.25) is 0 Å². The van der Waals surface area contributed by atoms with Crippen molar-refractivity contribution >= 4 is 12.6 Å². The molecule has 0 radical (unpaired) electrons. The van der Waals surface area contributed by atoms with Gasteiger partial charge in [-0.15, -0.1) is 0 Å². The van der Waals surface area contributed by atoms with Gasteiger partial charge < -0.3 is 4.74 Å². The van der Waals surface area contributed by atoms with Crippen LogP contribution in [-0.2, 0) is 4.74 Å². The van der Waals surface area contributed by atoms with Crippen LogP contribution in [0, 0.1) is 11.3 Å². The van der Waals surface area contributed by atoms with Gasteiger partial charge in [0, 0.05) is 12.0 Å². The third kappa shape index (κ3) is 2.90. The highest BCUT2D eigenvalue weighted by molar-refractivity contribution is 7.80. The molecule has 0 aromatic carbocycles. The number of ether oxygens (including phenoxy) is 1. The molecule has 2 fully saturated rings. The molecule has 0 amide bonds. The monoisotopic (exact) mass is 214 g/mol. The molecule has 2 rings (SSSR count). The lowest BCUT2D eigenvalue weighted by Gasteiger charge is -2.26. The molecule has 2 heteroatoms. The minimum Gasteiger partial charge on any atom is -0.381 e. The minimum atomic E-state index is 0.437. The molecule has 0 N–H and O–H groups in total. The molecule has 82 valence electrons. The molecule has 0 aromatic heterocycles. The number of thiol groups is 1. The summed E-state index contributed by atoms with van der Waals surface area (Å²) in [5, 5.41) is 0. The maximum atomic E-state index is 5.81. The third-order valence-electron chi connectivity index (χ3n) is 3.78. The highest BCUT2D eigenvalue weighted by Gasteiger charge is 2.32. The Hall–Kier alpha value is 0.310. The zero-order chi connectivity index (χ0) is 9.86. The Labute approximate surface area is 93.0 Å². The summed E-state index contributed by atoms with van der Waals surface area (Å²) in [5.74, 6) is 2.02. The molecule has 2 aliphatic rings. The molecule has 0 unspecified atom stereocenters. The van der Waals surface area contributed by atoms with Gasteiger partial charge >= 0.3 is 0 Å². The van der Waals surface area contributed by atoms with Crippen molar-refractivity contribution in [2.24, 2.45) is 11.3 Å². The van der Waals surface area contributed by atoms with Crippen LogP contribution in [-0.4, -0.2) is 19.0 Å². The fraction of sp³-hybridized carbons (Fsp3) is 1.00. The van der Waals surface area contributed by atoms with Gasteiger partial charge in [-0.3, -0.25) is 0 Å². The summed E-state index contributed by atoms with van der Waals surface area (Å²) >= 11 is 4.48. The van der Waals surface area contributed by atoms with Crippen molar-refractivity contribution in [3.8, 4) is 0 Å². The van der Waals surface area contributed by atoms with Crippen molar-refractivity contribution in [2.45, 2.75) is 44.9 Å². The Morgan fingerprint density at radius 2 is 1.93 bits per heavy atom. The predicted molar refractivity (Wildman–Crippen MR) is 62.9 cm³/mol. The molecule has 0 saturated heterocycles. The van der Waals surface area contributed by atoms with E-state index in [0.29, 0.717) is 5.41 Å². The van der Waals surface area contributed by atoms with Crippen molar-refractivity contribution in [3.63, 3.8) is 0 Å².